The maximum Gasteiger partial charge on any atom is 0.132 e. The summed E-state index contributed by atoms with van der Waals surface area (Å²) in [5.74, 6) is -1.44. The van der Waals surface area contributed by atoms with E-state index in [2.05, 4.69) is 0 Å². The number of hydrogen-bond donors (Lipinski definition) is 1. The SMILES string of the molecule is COC(C)(C)C(O)c1ccc(F)cc1F. The average Bonchev–Trinajstić information content (AvgIpc) is 2.17. The van der Waals surface area contributed by atoms with Crippen LogP contribution in [0.3, 0.4) is 0 Å². The Hall–Kier alpha value is -1.00. The van der Waals surface area contributed by atoms with Gasteiger partial charge >= 0.3 is 0 Å². The van der Waals surface area contributed by atoms with Crippen molar-refractivity contribution in [3.05, 3.63) is 35.4 Å². The van der Waals surface area contributed by atoms with Gasteiger partial charge in [0.1, 0.15) is 17.7 Å². The molecule has 0 aliphatic carbocycles. The Kier molecular flexibility index (Phi) is 3.42. The second-order valence-electron chi connectivity index (χ2n) is 3.88. The van der Waals surface area contributed by atoms with E-state index in [9.17, 15) is 13.9 Å². The average molecular weight is 216 g/mol. The summed E-state index contributed by atoms with van der Waals surface area (Å²) in [6.45, 7) is 3.25. The molecule has 15 heavy (non-hydrogen) atoms. The molecular formula is C11H14F2O2. The topological polar surface area (TPSA) is 29.5 Å². The van der Waals surface area contributed by atoms with Crippen molar-refractivity contribution in [2.75, 3.05) is 7.11 Å². The molecule has 0 aliphatic heterocycles. The second kappa shape index (κ2) is 4.24. The molecule has 0 bridgehead atoms. The highest BCUT2D eigenvalue weighted by Gasteiger charge is 2.30. The quantitative estimate of drug-likeness (QED) is 0.840. The molecule has 0 spiro atoms. The molecule has 1 atom stereocenters. The molecule has 0 saturated carbocycles. The van der Waals surface area contributed by atoms with Gasteiger partial charge in [-0.1, -0.05) is 6.07 Å². The number of rotatable bonds is 3. The van der Waals surface area contributed by atoms with Gasteiger partial charge in [0.05, 0.1) is 5.60 Å². The Labute approximate surface area is 87.5 Å². The van der Waals surface area contributed by atoms with Crippen LogP contribution < -0.4 is 0 Å². The van der Waals surface area contributed by atoms with Gasteiger partial charge in [-0.05, 0) is 19.9 Å². The van der Waals surface area contributed by atoms with Gasteiger partial charge in [-0.3, -0.25) is 0 Å². The molecule has 0 saturated heterocycles. The lowest BCUT2D eigenvalue weighted by Gasteiger charge is -2.29. The summed E-state index contributed by atoms with van der Waals surface area (Å²) in [5, 5.41) is 9.83. The fourth-order valence-corrected chi connectivity index (χ4v) is 1.21. The van der Waals surface area contributed by atoms with Gasteiger partial charge < -0.3 is 9.84 Å². The second-order valence-corrected chi connectivity index (χ2v) is 3.88. The van der Waals surface area contributed by atoms with E-state index in [-0.39, 0.29) is 5.56 Å². The van der Waals surface area contributed by atoms with Gasteiger partial charge in [0.15, 0.2) is 0 Å². The largest absolute Gasteiger partial charge is 0.385 e. The molecule has 1 unspecified atom stereocenters. The monoisotopic (exact) mass is 216 g/mol. The molecule has 0 aliphatic rings. The summed E-state index contributed by atoms with van der Waals surface area (Å²) < 4.78 is 31.0. The number of hydrogen-bond acceptors (Lipinski definition) is 2. The highest BCUT2D eigenvalue weighted by Crippen LogP contribution is 2.29. The third-order valence-electron chi connectivity index (χ3n) is 2.44. The minimum Gasteiger partial charge on any atom is -0.385 e. The summed E-state index contributed by atoms with van der Waals surface area (Å²) in [4.78, 5) is 0. The van der Waals surface area contributed by atoms with Gasteiger partial charge in [0.25, 0.3) is 0 Å². The van der Waals surface area contributed by atoms with Crippen LogP contribution in [0, 0.1) is 11.6 Å². The Balaban J connectivity index is 3.06. The predicted molar refractivity (Wildman–Crippen MR) is 52.4 cm³/mol. The number of halogens is 2. The zero-order chi connectivity index (χ0) is 11.6. The van der Waals surface area contributed by atoms with Gasteiger partial charge in [-0.2, -0.15) is 0 Å². The van der Waals surface area contributed by atoms with Crippen LogP contribution in [0.1, 0.15) is 25.5 Å². The smallest absolute Gasteiger partial charge is 0.132 e. The van der Waals surface area contributed by atoms with Crippen LogP contribution in [0.25, 0.3) is 0 Å². The first-order chi connectivity index (χ1) is 6.88. The molecule has 0 amide bonds. The third-order valence-corrected chi connectivity index (χ3v) is 2.44. The normalized spacial score (nSPS) is 14.0. The van der Waals surface area contributed by atoms with Crippen molar-refractivity contribution in [1.29, 1.82) is 0 Å². The van der Waals surface area contributed by atoms with E-state index in [1.165, 1.54) is 13.2 Å². The first kappa shape index (κ1) is 12.1. The summed E-state index contributed by atoms with van der Waals surface area (Å²) in [7, 11) is 1.42. The van der Waals surface area contributed by atoms with Crippen LogP contribution in [-0.2, 0) is 4.74 Å². The van der Waals surface area contributed by atoms with Crippen molar-refractivity contribution in [2.45, 2.75) is 25.6 Å². The van der Waals surface area contributed by atoms with E-state index in [1.807, 2.05) is 0 Å². The van der Waals surface area contributed by atoms with Crippen molar-refractivity contribution in [2.24, 2.45) is 0 Å². The fraction of sp³-hybridized carbons (Fsp3) is 0.455. The molecular weight excluding hydrogens is 202 g/mol. The van der Waals surface area contributed by atoms with Gasteiger partial charge in [-0.25, -0.2) is 8.78 Å². The third kappa shape index (κ3) is 2.52. The number of ether oxygens (including phenoxy) is 1. The standard InChI is InChI=1S/C11H14F2O2/c1-11(2,15-3)10(14)8-5-4-7(12)6-9(8)13/h4-6,10,14H,1-3H3. The zero-order valence-corrected chi connectivity index (χ0v) is 8.92. The summed E-state index contributed by atoms with van der Waals surface area (Å²) >= 11 is 0. The highest BCUT2D eigenvalue weighted by molar-refractivity contribution is 5.22. The van der Waals surface area contributed by atoms with E-state index in [0.29, 0.717) is 0 Å². The lowest BCUT2D eigenvalue weighted by Crippen LogP contribution is -2.32. The van der Waals surface area contributed by atoms with E-state index in [1.54, 1.807) is 13.8 Å². The van der Waals surface area contributed by atoms with E-state index in [0.717, 1.165) is 12.1 Å². The molecule has 0 heterocycles. The van der Waals surface area contributed by atoms with Crippen molar-refractivity contribution < 1.29 is 18.6 Å². The van der Waals surface area contributed by atoms with Crippen molar-refractivity contribution in [3.8, 4) is 0 Å². The van der Waals surface area contributed by atoms with Crippen molar-refractivity contribution in [3.63, 3.8) is 0 Å². The van der Waals surface area contributed by atoms with Crippen molar-refractivity contribution in [1.82, 2.24) is 0 Å². The summed E-state index contributed by atoms with van der Waals surface area (Å²) in [6.07, 6.45) is -1.14. The van der Waals surface area contributed by atoms with Crippen LogP contribution >= 0.6 is 0 Å². The predicted octanol–water partition coefficient (Wildman–Crippen LogP) is 2.42. The molecule has 4 heteroatoms. The summed E-state index contributed by atoms with van der Waals surface area (Å²) in [6, 6.07) is 3.06. The molecule has 1 N–H and O–H groups in total. The molecule has 84 valence electrons. The molecule has 1 aromatic carbocycles. The maximum absolute atomic E-state index is 13.3. The molecule has 2 nitrogen and oxygen atoms in total. The molecule has 0 fully saturated rings. The van der Waals surface area contributed by atoms with E-state index in [4.69, 9.17) is 4.74 Å². The molecule has 1 rings (SSSR count). The van der Waals surface area contributed by atoms with Gasteiger partial charge in [0, 0.05) is 18.7 Å². The maximum atomic E-state index is 13.3. The van der Waals surface area contributed by atoms with E-state index < -0.39 is 23.3 Å². The number of benzene rings is 1. The molecule has 1 aromatic rings. The molecule has 0 radical (unpaired) electrons. The van der Waals surface area contributed by atoms with Crippen LogP contribution in [0.4, 0.5) is 8.78 Å². The lowest BCUT2D eigenvalue weighted by atomic mass is 9.94. The zero-order valence-electron chi connectivity index (χ0n) is 8.92. The Bertz CT molecular complexity index is 350. The van der Waals surface area contributed by atoms with Crippen LogP contribution in [0.15, 0.2) is 18.2 Å². The Morgan fingerprint density at radius 1 is 1.33 bits per heavy atom. The Morgan fingerprint density at radius 3 is 2.40 bits per heavy atom. The van der Waals surface area contributed by atoms with Gasteiger partial charge in [0.2, 0.25) is 0 Å². The Morgan fingerprint density at radius 2 is 1.93 bits per heavy atom. The molecule has 0 aromatic heterocycles. The first-order valence-corrected chi connectivity index (χ1v) is 4.56. The van der Waals surface area contributed by atoms with Crippen LogP contribution in [0.2, 0.25) is 0 Å². The van der Waals surface area contributed by atoms with Gasteiger partial charge in [-0.15, -0.1) is 0 Å². The number of aliphatic hydroxyl groups is 1. The van der Waals surface area contributed by atoms with E-state index >= 15 is 0 Å². The number of methoxy groups -OCH3 is 1. The minimum absolute atomic E-state index is 0.0308. The summed E-state index contributed by atoms with van der Waals surface area (Å²) in [5.41, 5.74) is -0.887. The fourth-order valence-electron chi connectivity index (χ4n) is 1.21. The highest BCUT2D eigenvalue weighted by atomic mass is 19.1. The number of aliphatic hydroxyl groups excluding tert-OH is 1. The minimum atomic E-state index is -1.14. The first-order valence-electron chi connectivity index (χ1n) is 4.56. The van der Waals surface area contributed by atoms with Crippen LogP contribution in [0.5, 0.6) is 0 Å². The van der Waals surface area contributed by atoms with Crippen molar-refractivity contribution >= 4 is 0 Å². The lowest BCUT2D eigenvalue weighted by molar-refractivity contribution is -0.0806. The van der Waals surface area contributed by atoms with Crippen LogP contribution in [-0.4, -0.2) is 17.8 Å².